The van der Waals surface area contributed by atoms with Crippen LogP contribution in [-0.2, 0) is 0 Å². The van der Waals surface area contributed by atoms with Crippen LogP contribution in [0.3, 0.4) is 0 Å². The van der Waals surface area contributed by atoms with Gasteiger partial charge < -0.3 is 0 Å². The van der Waals surface area contributed by atoms with Crippen molar-refractivity contribution in [1.82, 2.24) is 0 Å². The molecule has 1 aromatic carbocycles. The van der Waals surface area contributed by atoms with Gasteiger partial charge in [-0.05, 0) is 39.7 Å². The molecule has 0 spiro atoms. The van der Waals surface area contributed by atoms with Crippen LogP contribution in [-0.4, -0.2) is 0 Å². The van der Waals surface area contributed by atoms with E-state index in [-0.39, 0.29) is 0 Å². The van der Waals surface area contributed by atoms with Gasteiger partial charge in [0.15, 0.2) is 0 Å². The fourth-order valence-electron chi connectivity index (χ4n) is 1.37. The third-order valence-corrected chi connectivity index (χ3v) is 5.25. The molecule has 90 valence electrons. The molecule has 1 unspecified atom stereocenters. The molecule has 0 aliphatic heterocycles. The average Bonchev–Trinajstić information content (AvgIpc) is 2.57. The summed E-state index contributed by atoms with van der Waals surface area (Å²) in [6.45, 7) is 0. The third kappa shape index (κ3) is 2.99. The first-order valence-corrected chi connectivity index (χ1v) is 6.94. The van der Waals surface area contributed by atoms with E-state index in [4.69, 9.17) is 23.2 Å². The van der Waals surface area contributed by atoms with Gasteiger partial charge in [-0.3, -0.25) is 0 Å². The molecule has 6 heteroatoms. The Morgan fingerprint density at radius 2 is 1.71 bits per heavy atom. The minimum absolute atomic E-state index is 0.370. The van der Waals surface area contributed by atoms with Gasteiger partial charge in [-0.1, -0.05) is 11.6 Å². The van der Waals surface area contributed by atoms with E-state index < -0.39 is 17.0 Å². The lowest BCUT2D eigenvalue weighted by molar-refractivity contribution is 0.580. The number of benzene rings is 1. The van der Waals surface area contributed by atoms with Crippen LogP contribution >= 0.6 is 50.5 Å². The first kappa shape index (κ1) is 13.3. The second kappa shape index (κ2) is 5.22. The Labute approximate surface area is 119 Å². The maximum Gasteiger partial charge on any atom is 0.126 e. The van der Waals surface area contributed by atoms with E-state index in [0.717, 1.165) is 14.7 Å². The Morgan fingerprint density at radius 1 is 1.12 bits per heavy atom. The molecule has 0 bridgehead atoms. The van der Waals surface area contributed by atoms with Crippen LogP contribution in [0, 0.1) is 11.6 Å². The van der Waals surface area contributed by atoms with Crippen molar-refractivity contribution in [3.05, 3.63) is 55.1 Å². The van der Waals surface area contributed by atoms with Crippen LogP contribution in [0.1, 0.15) is 15.8 Å². The summed E-state index contributed by atoms with van der Waals surface area (Å²) in [4.78, 5) is 0.730. The lowest BCUT2D eigenvalue weighted by Crippen LogP contribution is -1.93. The van der Waals surface area contributed by atoms with E-state index in [2.05, 4.69) is 15.9 Å². The van der Waals surface area contributed by atoms with Crippen molar-refractivity contribution in [1.29, 1.82) is 0 Å². The lowest BCUT2D eigenvalue weighted by Gasteiger charge is -2.07. The number of hydrogen-bond donors (Lipinski definition) is 0. The molecule has 0 amide bonds. The first-order valence-electron chi connectivity index (χ1n) is 4.52. The Balaban J connectivity index is 2.39. The van der Waals surface area contributed by atoms with Crippen LogP contribution < -0.4 is 0 Å². The Morgan fingerprint density at radius 3 is 2.18 bits per heavy atom. The van der Waals surface area contributed by atoms with Crippen molar-refractivity contribution in [2.24, 2.45) is 0 Å². The number of thiophene rings is 1. The fourth-order valence-corrected chi connectivity index (χ4v) is 3.45. The van der Waals surface area contributed by atoms with E-state index in [1.54, 1.807) is 6.07 Å². The minimum atomic E-state index is -0.646. The molecule has 0 aliphatic rings. The summed E-state index contributed by atoms with van der Waals surface area (Å²) in [5.74, 6) is -1.29. The molecule has 0 saturated heterocycles. The summed E-state index contributed by atoms with van der Waals surface area (Å²) in [5, 5.41) is -0.0819. The predicted molar refractivity (Wildman–Crippen MR) is 71.1 cm³/mol. The molecular weight excluding hydrogens is 353 g/mol. The van der Waals surface area contributed by atoms with E-state index >= 15 is 0 Å². The summed E-state index contributed by atoms with van der Waals surface area (Å²) < 4.78 is 26.9. The number of rotatable bonds is 2. The van der Waals surface area contributed by atoms with Crippen LogP contribution in [0.5, 0.6) is 0 Å². The summed E-state index contributed by atoms with van der Waals surface area (Å²) in [7, 11) is 0. The zero-order valence-corrected chi connectivity index (χ0v) is 12.1. The number of alkyl halides is 1. The van der Waals surface area contributed by atoms with Crippen LogP contribution in [0.4, 0.5) is 8.78 Å². The highest BCUT2D eigenvalue weighted by molar-refractivity contribution is 9.11. The monoisotopic (exact) mass is 356 g/mol. The van der Waals surface area contributed by atoms with Crippen LogP contribution in [0.25, 0.3) is 0 Å². The molecule has 2 aromatic rings. The van der Waals surface area contributed by atoms with Gasteiger partial charge in [-0.25, -0.2) is 8.78 Å². The highest BCUT2D eigenvalue weighted by Gasteiger charge is 2.17. The lowest BCUT2D eigenvalue weighted by atomic mass is 10.1. The Bertz CT molecular complexity index is 517. The SMILES string of the molecule is Fc1cc(F)cc(C(Cl)c2cc(Cl)c(Br)s2)c1. The summed E-state index contributed by atoms with van der Waals surface area (Å²) >= 11 is 16.6. The molecule has 0 fully saturated rings. The van der Waals surface area contributed by atoms with Gasteiger partial charge in [0, 0.05) is 10.9 Å². The molecule has 0 nitrogen and oxygen atoms in total. The number of hydrogen-bond acceptors (Lipinski definition) is 1. The quantitative estimate of drug-likeness (QED) is 0.598. The highest BCUT2D eigenvalue weighted by atomic mass is 79.9. The Kier molecular flexibility index (Phi) is 4.08. The van der Waals surface area contributed by atoms with Gasteiger partial charge in [0.1, 0.15) is 11.6 Å². The standard InChI is InChI=1S/C11H5BrCl2F2S/c12-11-8(13)4-9(17-11)10(14)5-1-6(15)3-7(16)2-5/h1-4,10H. The molecule has 0 saturated carbocycles. The van der Waals surface area contributed by atoms with Crippen LogP contribution in [0.2, 0.25) is 5.02 Å². The van der Waals surface area contributed by atoms with Gasteiger partial charge >= 0.3 is 0 Å². The Hall–Kier alpha value is -0.160. The summed E-state index contributed by atoms with van der Waals surface area (Å²) in [6.07, 6.45) is 0. The zero-order valence-electron chi connectivity index (χ0n) is 8.18. The van der Waals surface area contributed by atoms with Gasteiger partial charge in [0.2, 0.25) is 0 Å². The second-order valence-electron chi connectivity index (χ2n) is 3.34. The van der Waals surface area contributed by atoms with Gasteiger partial charge in [0.05, 0.1) is 14.2 Å². The summed E-state index contributed by atoms with van der Waals surface area (Å²) in [6, 6.07) is 4.91. The number of halogens is 5. The average molecular weight is 358 g/mol. The fraction of sp³-hybridized carbons (Fsp3) is 0.0909. The normalized spacial score (nSPS) is 12.8. The molecule has 17 heavy (non-hydrogen) atoms. The zero-order chi connectivity index (χ0) is 12.6. The van der Waals surface area contributed by atoms with Crippen molar-refractivity contribution in [2.45, 2.75) is 5.38 Å². The topological polar surface area (TPSA) is 0 Å². The molecule has 2 rings (SSSR count). The maximum absolute atomic E-state index is 13.1. The van der Waals surface area contributed by atoms with Gasteiger partial charge in [-0.2, -0.15) is 0 Å². The van der Waals surface area contributed by atoms with E-state index in [0.29, 0.717) is 10.6 Å². The smallest absolute Gasteiger partial charge is 0.126 e. The summed E-state index contributed by atoms with van der Waals surface area (Å²) in [5.41, 5.74) is 0.370. The second-order valence-corrected chi connectivity index (χ2v) is 6.58. The third-order valence-electron chi connectivity index (χ3n) is 2.09. The van der Waals surface area contributed by atoms with E-state index in [9.17, 15) is 8.78 Å². The molecule has 0 N–H and O–H groups in total. The largest absolute Gasteiger partial charge is 0.207 e. The molecular formula is C11H5BrCl2F2S. The van der Waals surface area contributed by atoms with Crippen molar-refractivity contribution < 1.29 is 8.78 Å². The van der Waals surface area contributed by atoms with Crippen molar-refractivity contribution in [2.75, 3.05) is 0 Å². The molecule has 1 atom stereocenters. The van der Waals surface area contributed by atoms with Gasteiger partial charge in [-0.15, -0.1) is 22.9 Å². The maximum atomic E-state index is 13.1. The van der Waals surface area contributed by atoms with Gasteiger partial charge in [0.25, 0.3) is 0 Å². The minimum Gasteiger partial charge on any atom is -0.207 e. The molecule has 0 aliphatic carbocycles. The van der Waals surface area contributed by atoms with Crippen molar-refractivity contribution in [3.63, 3.8) is 0 Å². The first-order chi connectivity index (χ1) is 7.97. The van der Waals surface area contributed by atoms with Crippen LogP contribution in [0.15, 0.2) is 28.1 Å². The van der Waals surface area contributed by atoms with Crippen molar-refractivity contribution >= 4 is 50.5 Å². The predicted octanol–water partition coefficient (Wildman–Crippen LogP) is 5.77. The molecule has 1 heterocycles. The highest BCUT2D eigenvalue weighted by Crippen LogP contribution is 2.40. The van der Waals surface area contributed by atoms with E-state index in [1.807, 2.05) is 0 Å². The van der Waals surface area contributed by atoms with E-state index in [1.165, 1.54) is 23.5 Å². The molecule has 1 aromatic heterocycles. The molecule has 0 radical (unpaired) electrons. The van der Waals surface area contributed by atoms with Crippen molar-refractivity contribution in [3.8, 4) is 0 Å².